The number of aryl methyl sites for hydroxylation is 2. The summed E-state index contributed by atoms with van der Waals surface area (Å²) < 4.78 is 7.01. The smallest absolute Gasteiger partial charge is 0.333 e. The summed E-state index contributed by atoms with van der Waals surface area (Å²) in [6.07, 6.45) is 0. The highest BCUT2D eigenvalue weighted by atomic mass is 16.6. The number of anilines is 2. The lowest BCUT2D eigenvalue weighted by Crippen LogP contribution is -2.37. The van der Waals surface area contributed by atoms with E-state index in [4.69, 9.17) is 4.74 Å². The third-order valence-electron chi connectivity index (χ3n) is 4.46. The molecule has 8 nitrogen and oxygen atoms in total. The molecular formula is C17H23N5O3. The zero-order chi connectivity index (χ0) is 18.0. The van der Waals surface area contributed by atoms with Gasteiger partial charge in [-0.15, -0.1) is 0 Å². The molecule has 1 fully saturated rings. The van der Waals surface area contributed by atoms with Crippen LogP contribution in [0.1, 0.15) is 11.3 Å². The fraction of sp³-hybridized carbons (Fsp3) is 0.471. The highest BCUT2D eigenvalue weighted by molar-refractivity contribution is 5.62. The topological polar surface area (TPSA) is 76.7 Å². The van der Waals surface area contributed by atoms with Crippen molar-refractivity contribution in [1.29, 1.82) is 0 Å². The van der Waals surface area contributed by atoms with Gasteiger partial charge in [0, 0.05) is 39.4 Å². The van der Waals surface area contributed by atoms with E-state index in [9.17, 15) is 10.1 Å². The van der Waals surface area contributed by atoms with Crippen LogP contribution in [0.3, 0.4) is 0 Å². The molecule has 1 aromatic carbocycles. The van der Waals surface area contributed by atoms with Crippen molar-refractivity contribution < 1.29 is 9.66 Å². The first-order valence-electron chi connectivity index (χ1n) is 8.28. The maximum absolute atomic E-state index is 11.4. The molecule has 1 aromatic heterocycles. The van der Waals surface area contributed by atoms with Crippen molar-refractivity contribution in [1.82, 2.24) is 9.78 Å². The zero-order valence-electron chi connectivity index (χ0n) is 14.8. The Labute approximate surface area is 146 Å². The average Bonchev–Trinajstić information content (AvgIpc) is 2.90. The minimum absolute atomic E-state index is 0.0638. The van der Waals surface area contributed by atoms with Crippen molar-refractivity contribution in [2.45, 2.75) is 13.5 Å². The largest absolute Gasteiger partial charge is 0.378 e. The van der Waals surface area contributed by atoms with Gasteiger partial charge in [-0.1, -0.05) is 18.2 Å². The fourth-order valence-electron chi connectivity index (χ4n) is 3.36. The summed E-state index contributed by atoms with van der Waals surface area (Å²) in [6, 6.07) is 8.18. The fourth-order valence-corrected chi connectivity index (χ4v) is 3.36. The molecule has 0 aliphatic carbocycles. The van der Waals surface area contributed by atoms with E-state index >= 15 is 0 Å². The third-order valence-corrected chi connectivity index (χ3v) is 4.46. The van der Waals surface area contributed by atoms with Crippen LogP contribution >= 0.6 is 0 Å². The summed E-state index contributed by atoms with van der Waals surface area (Å²) in [4.78, 5) is 15.3. The molecule has 0 N–H and O–H groups in total. The number of para-hydroxylation sites is 1. The molecule has 0 unspecified atom stereocenters. The van der Waals surface area contributed by atoms with E-state index in [1.165, 1.54) is 0 Å². The number of morpholine rings is 1. The van der Waals surface area contributed by atoms with Gasteiger partial charge in [0.1, 0.15) is 5.69 Å². The summed E-state index contributed by atoms with van der Waals surface area (Å²) in [5.74, 6) is 0.513. The van der Waals surface area contributed by atoms with Gasteiger partial charge >= 0.3 is 5.69 Å². The zero-order valence-corrected chi connectivity index (χ0v) is 14.8. The van der Waals surface area contributed by atoms with E-state index in [0.717, 1.165) is 37.6 Å². The molecule has 0 amide bonds. The van der Waals surface area contributed by atoms with Crippen molar-refractivity contribution in [3.63, 3.8) is 0 Å². The van der Waals surface area contributed by atoms with Crippen LogP contribution in [0, 0.1) is 17.0 Å². The van der Waals surface area contributed by atoms with Crippen LogP contribution < -0.4 is 9.80 Å². The van der Waals surface area contributed by atoms with Gasteiger partial charge in [-0.05, 0) is 18.6 Å². The lowest BCUT2D eigenvalue weighted by Gasteiger charge is -2.31. The molecule has 0 radical (unpaired) electrons. The van der Waals surface area contributed by atoms with Gasteiger partial charge in [-0.2, -0.15) is 5.10 Å². The standard InChI is InChI=1S/C17H23N5O3/c1-13-16(22(23)24)17(20(3)18-13)19(2)12-14-6-4-5-7-15(14)21-8-10-25-11-9-21/h4-7H,8-12H2,1-3H3. The number of nitrogens with zero attached hydrogens (tertiary/aromatic N) is 5. The van der Waals surface area contributed by atoms with Crippen LogP contribution in [0.2, 0.25) is 0 Å². The monoisotopic (exact) mass is 345 g/mol. The first-order chi connectivity index (χ1) is 12.0. The Hall–Kier alpha value is -2.61. The van der Waals surface area contributed by atoms with Crippen LogP contribution in [-0.2, 0) is 18.3 Å². The molecule has 0 spiro atoms. The third kappa shape index (κ3) is 3.43. The highest BCUT2D eigenvalue weighted by Crippen LogP contribution is 2.32. The van der Waals surface area contributed by atoms with Gasteiger partial charge in [0.15, 0.2) is 0 Å². The summed E-state index contributed by atoms with van der Waals surface area (Å²) in [5, 5.41) is 15.6. The first-order valence-corrected chi connectivity index (χ1v) is 8.28. The van der Waals surface area contributed by atoms with Crippen molar-refractivity contribution in [3.8, 4) is 0 Å². The molecule has 8 heteroatoms. The Balaban J connectivity index is 1.90. The molecule has 2 heterocycles. The second kappa shape index (κ2) is 7.10. The minimum atomic E-state index is -0.359. The SMILES string of the molecule is Cc1nn(C)c(N(C)Cc2ccccc2N2CCOCC2)c1[N+](=O)[O-]. The van der Waals surface area contributed by atoms with E-state index in [0.29, 0.717) is 18.1 Å². The summed E-state index contributed by atoms with van der Waals surface area (Å²) in [6.45, 7) is 5.37. The molecule has 0 saturated carbocycles. The van der Waals surface area contributed by atoms with Gasteiger partial charge in [-0.3, -0.25) is 10.1 Å². The minimum Gasteiger partial charge on any atom is -0.378 e. The van der Waals surface area contributed by atoms with Crippen LogP contribution in [0.25, 0.3) is 0 Å². The quantitative estimate of drug-likeness (QED) is 0.610. The number of nitro groups is 1. The number of rotatable bonds is 5. The molecule has 1 saturated heterocycles. The molecule has 2 aromatic rings. The van der Waals surface area contributed by atoms with Crippen LogP contribution in [-0.4, -0.2) is 48.1 Å². The number of hydrogen-bond acceptors (Lipinski definition) is 6. The Kier molecular flexibility index (Phi) is 4.89. The first kappa shape index (κ1) is 17.2. The van der Waals surface area contributed by atoms with Crippen molar-refractivity contribution in [2.75, 3.05) is 43.2 Å². The number of ether oxygens (including phenoxy) is 1. The Morgan fingerprint density at radius 3 is 2.68 bits per heavy atom. The molecular weight excluding hydrogens is 322 g/mol. The maximum Gasteiger partial charge on any atom is 0.333 e. The molecule has 134 valence electrons. The van der Waals surface area contributed by atoms with E-state index in [1.807, 2.05) is 24.1 Å². The molecule has 3 rings (SSSR count). The normalized spacial score (nSPS) is 14.6. The maximum atomic E-state index is 11.4. The summed E-state index contributed by atoms with van der Waals surface area (Å²) in [7, 11) is 3.60. The lowest BCUT2D eigenvalue weighted by molar-refractivity contribution is -0.384. The molecule has 1 aliphatic rings. The van der Waals surface area contributed by atoms with E-state index in [2.05, 4.69) is 22.1 Å². The lowest BCUT2D eigenvalue weighted by atomic mass is 10.1. The number of benzene rings is 1. The van der Waals surface area contributed by atoms with Crippen molar-refractivity contribution >= 4 is 17.2 Å². The van der Waals surface area contributed by atoms with E-state index in [-0.39, 0.29) is 10.6 Å². The number of aromatic nitrogens is 2. The summed E-state index contributed by atoms with van der Waals surface area (Å²) >= 11 is 0. The van der Waals surface area contributed by atoms with Crippen LogP contribution in [0.5, 0.6) is 0 Å². The molecule has 1 aliphatic heterocycles. The Morgan fingerprint density at radius 2 is 2.00 bits per heavy atom. The van der Waals surface area contributed by atoms with E-state index in [1.54, 1.807) is 18.7 Å². The predicted molar refractivity (Wildman–Crippen MR) is 96.2 cm³/mol. The van der Waals surface area contributed by atoms with Crippen LogP contribution in [0.4, 0.5) is 17.2 Å². The Morgan fingerprint density at radius 1 is 1.32 bits per heavy atom. The van der Waals surface area contributed by atoms with E-state index < -0.39 is 0 Å². The summed E-state index contributed by atoms with van der Waals surface area (Å²) in [5.41, 5.74) is 2.77. The van der Waals surface area contributed by atoms with Crippen molar-refractivity contribution in [3.05, 3.63) is 45.6 Å². The van der Waals surface area contributed by atoms with Gasteiger partial charge in [0.05, 0.1) is 18.1 Å². The molecule has 25 heavy (non-hydrogen) atoms. The highest BCUT2D eigenvalue weighted by Gasteiger charge is 2.27. The van der Waals surface area contributed by atoms with Crippen LogP contribution in [0.15, 0.2) is 24.3 Å². The molecule has 0 atom stereocenters. The van der Waals surface area contributed by atoms with Gasteiger partial charge < -0.3 is 14.5 Å². The van der Waals surface area contributed by atoms with Gasteiger partial charge in [0.25, 0.3) is 0 Å². The molecule has 0 bridgehead atoms. The van der Waals surface area contributed by atoms with Gasteiger partial charge in [-0.25, -0.2) is 4.68 Å². The second-order valence-corrected chi connectivity index (χ2v) is 6.22. The Bertz CT molecular complexity index is 768. The van der Waals surface area contributed by atoms with Gasteiger partial charge in [0.2, 0.25) is 5.82 Å². The average molecular weight is 345 g/mol. The van der Waals surface area contributed by atoms with Crippen molar-refractivity contribution in [2.24, 2.45) is 7.05 Å². The predicted octanol–water partition coefficient (Wildman–Crippen LogP) is 2.11. The second-order valence-electron chi connectivity index (χ2n) is 6.22. The number of hydrogen-bond donors (Lipinski definition) is 0.